The van der Waals surface area contributed by atoms with Gasteiger partial charge in [0.1, 0.15) is 12.7 Å². The van der Waals surface area contributed by atoms with E-state index in [1.165, 1.54) is 0 Å². The maximum atomic E-state index is 12.1. The Morgan fingerprint density at radius 1 is 1.36 bits per heavy atom. The van der Waals surface area contributed by atoms with Gasteiger partial charge in [0, 0.05) is 0 Å². The molecule has 0 aliphatic heterocycles. The fourth-order valence-corrected chi connectivity index (χ4v) is 0.556. The zero-order chi connectivity index (χ0) is 8.91. The number of nitroso groups, excluding NO2 is 1. The zero-order valence-corrected chi connectivity index (χ0v) is 6.19. The van der Waals surface area contributed by atoms with Gasteiger partial charge in [-0.3, -0.25) is 8.78 Å². The Labute approximate surface area is 62.8 Å². The van der Waals surface area contributed by atoms with Gasteiger partial charge in [-0.05, 0) is 0 Å². The van der Waals surface area contributed by atoms with Crippen molar-refractivity contribution in [1.29, 1.82) is 0 Å². The molecule has 0 saturated heterocycles. The van der Waals surface area contributed by atoms with Crippen LogP contribution in [0.2, 0.25) is 0 Å². The lowest BCUT2D eigenvalue weighted by atomic mass is 9.86. The third-order valence-electron chi connectivity index (χ3n) is 1.69. The van der Waals surface area contributed by atoms with E-state index in [1.807, 2.05) is 0 Å². The Balaban J connectivity index is 4.30. The molecule has 1 unspecified atom stereocenters. The summed E-state index contributed by atoms with van der Waals surface area (Å²) in [6, 6.07) is -1.42. The highest BCUT2D eigenvalue weighted by Crippen LogP contribution is 2.25. The van der Waals surface area contributed by atoms with Crippen molar-refractivity contribution >= 4 is 0 Å². The minimum absolute atomic E-state index is 1.08. The first-order valence-electron chi connectivity index (χ1n) is 3.15. The van der Waals surface area contributed by atoms with Gasteiger partial charge in [-0.15, -0.1) is 0 Å². The standard InChI is InChI=1S/C6H10F3NO/c1-6(3-8,4-9)5(2-7)10-11/h5H,2-4H2,1H3. The van der Waals surface area contributed by atoms with Crippen LogP contribution in [0.25, 0.3) is 0 Å². The molecule has 5 heteroatoms. The number of hydrogen-bond acceptors (Lipinski definition) is 2. The molecule has 0 fully saturated rings. The van der Waals surface area contributed by atoms with Crippen LogP contribution >= 0.6 is 0 Å². The molecule has 0 aromatic carbocycles. The molecule has 11 heavy (non-hydrogen) atoms. The molecule has 0 aromatic rings. The summed E-state index contributed by atoms with van der Waals surface area (Å²) in [5.41, 5.74) is -1.59. The van der Waals surface area contributed by atoms with E-state index in [2.05, 4.69) is 5.18 Å². The van der Waals surface area contributed by atoms with Gasteiger partial charge in [0.2, 0.25) is 0 Å². The van der Waals surface area contributed by atoms with Crippen LogP contribution in [-0.2, 0) is 0 Å². The van der Waals surface area contributed by atoms with Crippen LogP contribution in [0.5, 0.6) is 0 Å². The molecule has 0 radical (unpaired) electrons. The van der Waals surface area contributed by atoms with Crippen LogP contribution in [0.15, 0.2) is 5.18 Å². The van der Waals surface area contributed by atoms with Crippen LogP contribution < -0.4 is 0 Å². The van der Waals surface area contributed by atoms with E-state index in [0.717, 1.165) is 6.92 Å². The molecular formula is C6H10F3NO. The van der Waals surface area contributed by atoms with E-state index in [4.69, 9.17) is 0 Å². The summed E-state index contributed by atoms with van der Waals surface area (Å²) in [6.45, 7) is -2.12. The van der Waals surface area contributed by atoms with Crippen molar-refractivity contribution in [3.8, 4) is 0 Å². The Hall–Kier alpha value is -0.610. The molecule has 1 atom stereocenters. The molecule has 0 N–H and O–H groups in total. The van der Waals surface area contributed by atoms with Gasteiger partial charge in [0.15, 0.2) is 0 Å². The maximum Gasteiger partial charge on any atom is 0.130 e. The Kier molecular flexibility index (Phi) is 4.07. The predicted molar refractivity (Wildman–Crippen MR) is 35.6 cm³/mol. The topological polar surface area (TPSA) is 29.4 Å². The number of nitrogens with zero attached hydrogens (tertiary/aromatic N) is 1. The second-order valence-corrected chi connectivity index (χ2v) is 2.70. The zero-order valence-electron chi connectivity index (χ0n) is 6.19. The quantitative estimate of drug-likeness (QED) is 0.579. The summed E-state index contributed by atoms with van der Waals surface area (Å²) >= 11 is 0. The Bertz CT molecular complexity index is 127. The summed E-state index contributed by atoms with van der Waals surface area (Å²) in [6.07, 6.45) is 0. The third-order valence-corrected chi connectivity index (χ3v) is 1.69. The summed E-state index contributed by atoms with van der Waals surface area (Å²) in [4.78, 5) is 9.88. The first kappa shape index (κ1) is 10.4. The number of alkyl halides is 3. The number of halogens is 3. The van der Waals surface area contributed by atoms with Crippen LogP contribution in [-0.4, -0.2) is 26.1 Å². The van der Waals surface area contributed by atoms with E-state index in [9.17, 15) is 18.1 Å². The average molecular weight is 169 g/mol. The highest BCUT2D eigenvalue weighted by molar-refractivity contribution is 4.86. The summed E-state index contributed by atoms with van der Waals surface area (Å²) < 4.78 is 36.0. The fraction of sp³-hybridized carbons (Fsp3) is 1.00. The van der Waals surface area contributed by atoms with Crippen molar-refractivity contribution in [3.05, 3.63) is 4.91 Å². The number of hydrogen-bond donors (Lipinski definition) is 0. The lowest BCUT2D eigenvalue weighted by Crippen LogP contribution is -2.36. The Morgan fingerprint density at radius 3 is 1.91 bits per heavy atom. The fourth-order valence-electron chi connectivity index (χ4n) is 0.556. The van der Waals surface area contributed by atoms with Gasteiger partial charge in [-0.1, -0.05) is 12.1 Å². The minimum atomic E-state index is -1.59. The normalized spacial score (nSPS) is 14.5. The molecule has 2 nitrogen and oxygen atoms in total. The van der Waals surface area contributed by atoms with Gasteiger partial charge in [0.05, 0.1) is 18.8 Å². The Morgan fingerprint density at radius 2 is 1.82 bits per heavy atom. The van der Waals surface area contributed by atoms with Gasteiger partial charge in [-0.25, -0.2) is 4.39 Å². The van der Waals surface area contributed by atoms with E-state index in [0.29, 0.717) is 0 Å². The van der Waals surface area contributed by atoms with Crippen molar-refractivity contribution in [2.45, 2.75) is 13.0 Å². The van der Waals surface area contributed by atoms with Crippen molar-refractivity contribution in [2.75, 3.05) is 20.0 Å². The molecular weight excluding hydrogens is 159 g/mol. The largest absolute Gasteiger partial charge is 0.250 e. The lowest BCUT2D eigenvalue weighted by molar-refractivity contribution is 0.123. The number of rotatable bonds is 5. The molecule has 0 heterocycles. The molecule has 0 bridgehead atoms. The average Bonchev–Trinajstić information content (AvgIpc) is 2.06. The van der Waals surface area contributed by atoms with Crippen molar-refractivity contribution in [1.82, 2.24) is 0 Å². The van der Waals surface area contributed by atoms with Gasteiger partial charge in [0.25, 0.3) is 0 Å². The summed E-state index contributed by atoms with van der Waals surface area (Å²) in [5.74, 6) is 0. The predicted octanol–water partition coefficient (Wildman–Crippen LogP) is 2.04. The maximum absolute atomic E-state index is 12.1. The molecule has 0 rings (SSSR count). The third kappa shape index (κ3) is 2.17. The summed E-state index contributed by atoms with van der Waals surface area (Å²) in [7, 11) is 0. The van der Waals surface area contributed by atoms with Crippen LogP contribution in [0, 0.1) is 10.3 Å². The highest BCUT2D eigenvalue weighted by Gasteiger charge is 2.36. The molecule has 66 valence electrons. The van der Waals surface area contributed by atoms with Gasteiger partial charge < -0.3 is 0 Å². The monoisotopic (exact) mass is 169 g/mol. The smallest absolute Gasteiger partial charge is 0.130 e. The van der Waals surface area contributed by atoms with E-state index in [-0.39, 0.29) is 0 Å². The minimum Gasteiger partial charge on any atom is -0.250 e. The van der Waals surface area contributed by atoms with Crippen molar-refractivity contribution in [2.24, 2.45) is 10.6 Å². The van der Waals surface area contributed by atoms with Crippen LogP contribution in [0.4, 0.5) is 13.2 Å². The molecule has 0 aliphatic rings. The van der Waals surface area contributed by atoms with E-state index < -0.39 is 31.5 Å². The van der Waals surface area contributed by atoms with Crippen molar-refractivity contribution in [3.63, 3.8) is 0 Å². The molecule has 0 aromatic heterocycles. The first-order chi connectivity index (χ1) is 5.14. The molecule has 0 spiro atoms. The second-order valence-electron chi connectivity index (χ2n) is 2.70. The van der Waals surface area contributed by atoms with E-state index >= 15 is 0 Å². The lowest BCUT2D eigenvalue weighted by Gasteiger charge is -2.24. The van der Waals surface area contributed by atoms with Crippen molar-refractivity contribution < 1.29 is 13.2 Å². The molecule has 0 amide bonds. The van der Waals surface area contributed by atoms with Gasteiger partial charge in [-0.2, -0.15) is 4.91 Å². The molecule has 0 aliphatic carbocycles. The summed E-state index contributed by atoms with van der Waals surface area (Å²) in [5, 5.41) is 2.32. The first-order valence-corrected chi connectivity index (χ1v) is 3.15. The molecule has 0 saturated carbocycles. The highest BCUT2D eigenvalue weighted by atomic mass is 19.1. The van der Waals surface area contributed by atoms with Crippen LogP contribution in [0.3, 0.4) is 0 Å². The van der Waals surface area contributed by atoms with E-state index in [1.54, 1.807) is 0 Å². The van der Waals surface area contributed by atoms with Crippen LogP contribution in [0.1, 0.15) is 6.92 Å². The SMILES string of the molecule is CC(CF)(CF)C(CF)N=O. The second kappa shape index (κ2) is 4.31. The van der Waals surface area contributed by atoms with Gasteiger partial charge >= 0.3 is 0 Å².